The van der Waals surface area contributed by atoms with Gasteiger partial charge >= 0.3 is 0 Å². The fraction of sp³-hybridized carbons (Fsp3) is 0.357. The van der Waals surface area contributed by atoms with E-state index in [9.17, 15) is 0 Å². The van der Waals surface area contributed by atoms with Crippen molar-refractivity contribution in [2.24, 2.45) is 11.1 Å². The maximum absolute atomic E-state index is 5.98. The highest BCUT2D eigenvalue weighted by atomic mass is 35.5. The van der Waals surface area contributed by atoms with Gasteiger partial charge in [-0.15, -0.1) is 0 Å². The molecular formula is C14H16ClN3. The molecule has 1 aromatic carbocycles. The van der Waals surface area contributed by atoms with Crippen molar-refractivity contribution in [1.82, 2.24) is 4.98 Å². The fourth-order valence-corrected chi connectivity index (χ4v) is 2.35. The van der Waals surface area contributed by atoms with Crippen LogP contribution in [0.2, 0.25) is 5.02 Å². The number of anilines is 1. The maximum Gasteiger partial charge on any atom is 0.0737 e. The first-order valence-electron chi connectivity index (χ1n) is 6.21. The van der Waals surface area contributed by atoms with Crippen LogP contribution in [0, 0.1) is 5.41 Å². The summed E-state index contributed by atoms with van der Waals surface area (Å²) in [5.41, 5.74) is 8.15. The number of benzene rings is 1. The molecule has 3 rings (SSSR count). The zero-order valence-corrected chi connectivity index (χ0v) is 10.9. The quantitative estimate of drug-likeness (QED) is 0.889. The zero-order chi connectivity index (χ0) is 12.6. The molecule has 1 saturated carbocycles. The van der Waals surface area contributed by atoms with E-state index in [2.05, 4.69) is 10.3 Å². The van der Waals surface area contributed by atoms with E-state index >= 15 is 0 Å². The molecule has 0 unspecified atom stereocenters. The Balaban J connectivity index is 1.87. The van der Waals surface area contributed by atoms with Gasteiger partial charge in [0.2, 0.25) is 0 Å². The number of nitrogens with two attached hydrogens (primary N) is 1. The topological polar surface area (TPSA) is 50.9 Å². The van der Waals surface area contributed by atoms with Gasteiger partial charge in [-0.25, -0.2) is 0 Å². The standard InChI is InChI=1S/C14H16ClN3/c15-10-1-2-11-12(3-6-17-13(11)7-10)18-9-14(8-16)4-5-14/h1-3,6-7H,4-5,8-9,16H2,(H,17,18). The Hall–Kier alpha value is -1.32. The molecule has 0 radical (unpaired) electrons. The van der Waals surface area contributed by atoms with Crippen LogP contribution >= 0.6 is 11.6 Å². The van der Waals surface area contributed by atoms with Crippen LogP contribution in [0.3, 0.4) is 0 Å². The van der Waals surface area contributed by atoms with Gasteiger partial charge in [-0.1, -0.05) is 11.6 Å². The molecule has 3 nitrogen and oxygen atoms in total. The van der Waals surface area contributed by atoms with E-state index in [0.717, 1.165) is 29.7 Å². The zero-order valence-electron chi connectivity index (χ0n) is 10.1. The van der Waals surface area contributed by atoms with Gasteiger partial charge in [-0.2, -0.15) is 0 Å². The summed E-state index contributed by atoms with van der Waals surface area (Å²) in [6.07, 6.45) is 4.26. The van der Waals surface area contributed by atoms with Crippen LogP contribution < -0.4 is 11.1 Å². The molecule has 0 amide bonds. The summed E-state index contributed by atoms with van der Waals surface area (Å²) in [5.74, 6) is 0. The number of hydrogen-bond acceptors (Lipinski definition) is 3. The Labute approximate surface area is 111 Å². The first-order valence-corrected chi connectivity index (χ1v) is 6.58. The average Bonchev–Trinajstić information content (AvgIpc) is 3.16. The van der Waals surface area contributed by atoms with E-state index in [4.69, 9.17) is 17.3 Å². The van der Waals surface area contributed by atoms with Gasteiger partial charge in [-0.05, 0) is 49.1 Å². The molecule has 1 aromatic heterocycles. The lowest BCUT2D eigenvalue weighted by atomic mass is 10.1. The fourth-order valence-electron chi connectivity index (χ4n) is 2.19. The van der Waals surface area contributed by atoms with E-state index < -0.39 is 0 Å². The van der Waals surface area contributed by atoms with E-state index in [1.165, 1.54) is 12.8 Å². The minimum atomic E-state index is 0.321. The van der Waals surface area contributed by atoms with Crippen LogP contribution in [0.15, 0.2) is 30.5 Å². The molecule has 2 aromatic rings. The van der Waals surface area contributed by atoms with Gasteiger partial charge < -0.3 is 11.1 Å². The number of hydrogen-bond donors (Lipinski definition) is 2. The van der Waals surface area contributed by atoms with Crippen molar-refractivity contribution < 1.29 is 0 Å². The van der Waals surface area contributed by atoms with E-state index in [1.807, 2.05) is 30.5 Å². The molecule has 0 atom stereocenters. The predicted molar refractivity (Wildman–Crippen MR) is 76.0 cm³/mol. The number of pyridine rings is 1. The number of nitrogens with one attached hydrogen (secondary N) is 1. The van der Waals surface area contributed by atoms with Crippen molar-refractivity contribution in [3.63, 3.8) is 0 Å². The van der Waals surface area contributed by atoms with Crippen molar-refractivity contribution in [2.45, 2.75) is 12.8 Å². The van der Waals surface area contributed by atoms with E-state index in [-0.39, 0.29) is 0 Å². The normalized spacial score (nSPS) is 16.8. The molecule has 4 heteroatoms. The predicted octanol–water partition coefficient (Wildman–Crippen LogP) is 3.04. The molecule has 1 aliphatic rings. The molecule has 0 saturated heterocycles. The van der Waals surface area contributed by atoms with Crippen molar-refractivity contribution in [3.8, 4) is 0 Å². The molecular weight excluding hydrogens is 246 g/mol. The molecule has 0 bridgehead atoms. The monoisotopic (exact) mass is 261 g/mol. The minimum absolute atomic E-state index is 0.321. The Bertz CT molecular complexity index is 578. The van der Waals surface area contributed by atoms with Crippen molar-refractivity contribution in [3.05, 3.63) is 35.5 Å². The maximum atomic E-state index is 5.98. The molecule has 3 N–H and O–H groups in total. The highest BCUT2D eigenvalue weighted by Crippen LogP contribution is 2.44. The number of fused-ring (bicyclic) bond motifs is 1. The second kappa shape index (κ2) is 4.41. The number of aromatic nitrogens is 1. The van der Waals surface area contributed by atoms with Gasteiger partial charge in [0, 0.05) is 28.8 Å². The minimum Gasteiger partial charge on any atom is -0.384 e. The van der Waals surface area contributed by atoms with E-state index in [0.29, 0.717) is 10.4 Å². The molecule has 1 fully saturated rings. The van der Waals surface area contributed by atoms with Gasteiger partial charge in [0.1, 0.15) is 0 Å². The first-order chi connectivity index (χ1) is 8.72. The third kappa shape index (κ3) is 2.16. The highest BCUT2D eigenvalue weighted by Gasteiger charge is 2.40. The number of nitrogens with zero attached hydrogens (tertiary/aromatic N) is 1. The number of halogens is 1. The summed E-state index contributed by atoms with van der Waals surface area (Å²) in [7, 11) is 0. The second-order valence-corrected chi connectivity index (χ2v) is 5.51. The van der Waals surface area contributed by atoms with Crippen LogP contribution in [0.4, 0.5) is 5.69 Å². The second-order valence-electron chi connectivity index (χ2n) is 5.08. The Morgan fingerprint density at radius 2 is 2.17 bits per heavy atom. The Kier molecular flexibility index (Phi) is 2.88. The molecule has 1 heterocycles. The van der Waals surface area contributed by atoms with Crippen LogP contribution in [0.5, 0.6) is 0 Å². The lowest BCUT2D eigenvalue weighted by molar-refractivity contribution is 0.556. The summed E-state index contributed by atoms with van der Waals surface area (Å²) in [6.45, 7) is 1.69. The molecule has 94 valence electrons. The van der Waals surface area contributed by atoms with Gasteiger partial charge in [-0.3, -0.25) is 4.98 Å². The molecule has 1 aliphatic carbocycles. The van der Waals surface area contributed by atoms with Gasteiger partial charge in [0.15, 0.2) is 0 Å². The summed E-state index contributed by atoms with van der Waals surface area (Å²) < 4.78 is 0. The van der Waals surface area contributed by atoms with Crippen LogP contribution in [0.1, 0.15) is 12.8 Å². The Morgan fingerprint density at radius 3 is 2.89 bits per heavy atom. The lowest BCUT2D eigenvalue weighted by Gasteiger charge is -2.15. The first kappa shape index (κ1) is 11.8. The Morgan fingerprint density at radius 1 is 1.33 bits per heavy atom. The number of rotatable bonds is 4. The smallest absolute Gasteiger partial charge is 0.0737 e. The molecule has 0 spiro atoms. The summed E-state index contributed by atoms with van der Waals surface area (Å²) >= 11 is 5.98. The third-order valence-corrected chi connectivity index (χ3v) is 3.98. The average molecular weight is 262 g/mol. The van der Waals surface area contributed by atoms with Crippen LogP contribution in [-0.2, 0) is 0 Å². The molecule has 0 aliphatic heterocycles. The summed E-state index contributed by atoms with van der Waals surface area (Å²) in [4.78, 5) is 4.33. The largest absolute Gasteiger partial charge is 0.384 e. The van der Waals surface area contributed by atoms with Gasteiger partial charge in [0.25, 0.3) is 0 Å². The molecule has 18 heavy (non-hydrogen) atoms. The van der Waals surface area contributed by atoms with Crippen LogP contribution in [-0.4, -0.2) is 18.1 Å². The summed E-state index contributed by atoms with van der Waals surface area (Å²) in [6, 6.07) is 7.79. The van der Waals surface area contributed by atoms with Gasteiger partial charge in [0.05, 0.1) is 5.52 Å². The van der Waals surface area contributed by atoms with Crippen molar-refractivity contribution >= 4 is 28.2 Å². The lowest BCUT2D eigenvalue weighted by Crippen LogP contribution is -2.24. The third-order valence-electron chi connectivity index (χ3n) is 3.75. The SMILES string of the molecule is NCC1(CNc2ccnc3cc(Cl)ccc23)CC1. The highest BCUT2D eigenvalue weighted by molar-refractivity contribution is 6.31. The van der Waals surface area contributed by atoms with E-state index in [1.54, 1.807) is 0 Å². The van der Waals surface area contributed by atoms with Crippen molar-refractivity contribution in [2.75, 3.05) is 18.4 Å². The van der Waals surface area contributed by atoms with Crippen LogP contribution in [0.25, 0.3) is 10.9 Å². The summed E-state index contributed by atoms with van der Waals surface area (Å²) in [5, 5.41) is 5.32. The van der Waals surface area contributed by atoms with Crippen molar-refractivity contribution in [1.29, 1.82) is 0 Å².